The SMILES string of the molecule is CC(C)(C)c1cc2c3c(c1)N(c1ccc4c(c1)oc1ccccc14)c1cc4c(cc1B3c1cc3c(cc1N2c1ccc2c(c1)C(C)(C)CCC2(C)C)C(C)(C)CCC3(C)C)C(C)(C)CCC4(C)C. The molecule has 2 aliphatic heterocycles. The molecule has 0 fully saturated rings. The summed E-state index contributed by atoms with van der Waals surface area (Å²) in [5.74, 6) is 0. The lowest BCUT2D eigenvalue weighted by Gasteiger charge is -2.49. The summed E-state index contributed by atoms with van der Waals surface area (Å²) in [6.45, 7) is 37.0. The fourth-order valence-corrected chi connectivity index (χ4v) is 13.7. The molecule has 3 heterocycles. The van der Waals surface area contributed by atoms with Crippen LogP contribution in [0.1, 0.15) is 181 Å². The number of hydrogen-bond acceptors (Lipinski definition) is 3. The Morgan fingerprint density at radius 2 is 0.824 bits per heavy atom. The fourth-order valence-electron chi connectivity index (χ4n) is 13.7. The standard InChI is InChI=1S/C64H73BN2O/c1-58(2,3)38-30-53-57-54(31-38)67(40-20-22-42-41-18-16-17-19-55(41)68-56(42)33-40)52-37-48-46(62(10,11)27-29-64(48,14)15)35-50(52)65(57)49-34-45-47(63(12,13)28-26-61(45,8)9)36-51(49)66(53)39-21-23-43-44(32-39)60(6,7)25-24-59(43,4)5/h16-23,30-37H,24-29H2,1-15H3. The van der Waals surface area contributed by atoms with E-state index in [9.17, 15) is 0 Å². The minimum absolute atomic E-state index is 0.0340. The van der Waals surface area contributed by atoms with Gasteiger partial charge in [-0.1, -0.05) is 140 Å². The number of rotatable bonds is 2. The lowest BCUT2D eigenvalue weighted by molar-refractivity contribution is 0.332. The fraction of sp³-hybridized carbons (Fsp3) is 0.438. The number of hydrogen-bond donors (Lipinski definition) is 0. The van der Waals surface area contributed by atoms with E-state index in [2.05, 4.69) is 211 Å². The van der Waals surface area contributed by atoms with Gasteiger partial charge in [-0.2, -0.15) is 0 Å². The van der Waals surface area contributed by atoms with Crippen molar-refractivity contribution in [1.29, 1.82) is 0 Å². The van der Waals surface area contributed by atoms with Gasteiger partial charge < -0.3 is 14.2 Å². The average Bonchev–Trinajstić information content (AvgIpc) is 3.65. The maximum Gasteiger partial charge on any atom is 0.252 e. The Morgan fingerprint density at radius 3 is 1.32 bits per heavy atom. The molecule has 0 unspecified atom stereocenters. The lowest BCUT2D eigenvalue weighted by Crippen LogP contribution is -2.62. The molecule has 0 radical (unpaired) electrons. The number of para-hydroxylation sites is 1. The lowest BCUT2D eigenvalue weighted by atomic mass is 9.32. The monoisotopic (exact) mass is 897 g/mol. The second kappa shape index (κ2) is 13.8. The Hall–Kier alpha value is -5.22. The van der Waals surface area contributed by atoms with Crippen LogP contribution in [0.25, 0.3) is 21.9 Å². The van der Waals surface area contributed by atoms with Crippen LogP contribution in [0.15, 0.2) is 101 Å². The van der Waals surface area contributed by atoms with Crippen LogP contribution in [0.3, 0.4) is 0 Å². The summed E-state index contributed by atoms with van der Waals surface area (Å²) >= 11 is 0. The van der Waals surface area contributed by atoms with Gasteiger partial charge in [-0.25, -0.2) is 0 Å². The molecule has 0 spiro atoms. The first kappa shape index (κ1) is 44.0. The third-order valence-electron chi connectivity index (χ3n) is 18.6. The highest BCUT2D eigenvalue weighted by Crippen LogP contribution is 2.55. The first-order valence-corrected chi connectivity index (χ1v) is 26.0. The van der Waals surface area contributed by atoms with Crippen molar-refractivity contribution in [3.8, 4) is 0 Å². The summed E-state index contributed by atoms with van der Waals surface area (Å²) in [5, 5.41) is 2.32. The number of furan rings is 1. The van der Waals surface area contributed by atoms with Crippen LogP contribution in [0.2, 0.25) is 0 Å². The minimum Gasteiger partial charge on any atom is -0.456 e. The normalized spacial score (nSPS) is 20.8. The molecule has 348 valence electrons. The highest BCUT2D eigenvalue weighted by Gasteiger charge is 2.49. The number of nitrogens with zero attached hydrogens (tertiary/aromatic N) is 2. The molecule has 3 aliphatic carbocycles. The van der Waals surface area contributed by atoms with Crippen LogP contribution in [0.4, 0.5) is 34.1 Å². The molecular weight excluding hydrogens is 824 g/mol. The number of benzene rings is 6. The second-order valence-corrected chi connectivity index (χ2v) is 27.0. The van der Waals surface area contributed by atoms with Gasteiger partial charge in [0.2, 0.25) is 0 Å². The average molecular weight is 897 g/mol. The molecule has 4 heteroatoms. The Kier molecular flexibility index (Phi) is 8.91. The third-order valence-corrected chi connectivity index (χ3v) is 18.6. The summed E-state index contributed by atoms with van der Waals surface area (Å²) < 4.78 is 6.72. The van der Waals surface area contributed by atoms with Gasteiger partial charge in [0, 0.05) is 51.0 Å². The predicted molar refractivity (Wildman–Crippen MR) is 292 cm³/mol. The minimum atomic E-state index is -0.118. The van der Waals surface area contributed by atoms with E-state index in [4.69, 9.17) is 4.42 Å². The van der Waals surface area contributed by atoms with Crippen molar-refractivity contribution < 1.29 is 4.42 Å². The second-order valence-electron chi connectivity index (χ2n) is 27.0. The summed E-state index contributed by atoms with van der Waals surface area (Å²) in [6, 6.07) is 39.0. The molecule has 1 aromatic heterocycles. The molecular formula is C64H73BN2O. The van der Waals surface area contributed by atoms with Crippen molar-refractivity contribution in [1.82, 2.24) is 0 Å². The van der Waals surface area contributed by atoms with E-state index in [1.54, 1.807) is 0 Å². The molecule has 12 rings (SSSR count). The van der Waals surface area contributed by atoms with E-state index in [1.807, 2.05) is 0 Å². The molecule has 0 saturated carbocycles. The van der Waals surface area contributed by atoms with Crippen molar-refractivity contribution in [3.63, 3.8) is 0 Å². The van der Waals surface area contributed by atoms with Crippen molar-refractivity contribution in [3.05, 3.63) is 136 Å². The van der Waals surface area contributed by atoms with Crippen molar-refractivity contribution >= 4 is 79.2 Å². The van der Waals surface area contributed by atoms with Crippen LogP contribution in [0.5, 0.6) is 0 Å². The topological polar surface area (TPSA) is 19.6 Å². The highest BCUT2D eigenvalue weighted by atomic mass is 16.3. The molecule has 0 bridgehead atoms. The number of fused-ring (bicyclic) bond motifs is 10. The molecule has 0 atom stereocenters. The van der Waals surface area contributed by atoms with Crippen LogP contribution in [0, 0.1) is 0 Å². The first-order chi connectivity index (χ1) is 31.8. The van der Waals surface area contributed by atoms with Gasteiger partial charge in [0.05, 0.1) is 0 Å². The van der Waals surface area contributed by atoms with Crippen molar-refractivity contribution in [2.45, 2.75) is 180 Å². The van der Waals surface area contributed by atoms with Crippen molar-refractivity contribution in [2.75, 3.05) is 9.80 Å². The summed E-state index contributed by atoms with van der Waals surface area (Å²) in [7, 11) is 0. The summed E-state index contributed by atoms with van der Waals surface area (Å²) in [4.78, 5) is 5.38. The van der Waals surface area contributed by atoms with E-state index >= 15 is 0 Å². The van der Waals surface area contributed by atoms with Gasteiger partial charge in [0.1, 0.15) is 11.2 Å². The van der Waals surface area contributed by atoms with E-state index in [0.29, 0.717) is 0 Å². The predicted octanol–water partition coefficient (Wildman–Crippen LogP) is 16.0. The van der Waals surface area contributed by atoms with Gasteiger partial charge in [-0.05, 0) is 186 Å². The highest BCUT2D eigenvalue weighted by molar-refractivity contribution is 7.00. The molecule has 68 heavy (non-hydrogen) atoms. The smallest absolute Gasteiger partial charge is 0.252 e. The van der Waals surface area contributed by atoms with Crippen LogP contribution in [-0.2, 0) is 37.9 Å². The maximum atomic E-state index is 6.72. The molecule has 5 aliphatic rings. The third kappa shape index (κ3) is 6.23. The van der Waals surface area contributed by atoms with Crippen LogP contribution < -0.4 is 26.2 Å². The van der Waals surface area contributed by atoms with Gasteiger partial charge in [-0.15, -0.1) is 0 Å². The van der Waals surface area contributed by atoms with E-state index in [0.717, 1.165) is 27.6 Å². The van der Waals surface area contributed by atoms with E-state index in [1.165, 1.54) is 122 Å². The quantitative estimate of drug-likeness (QED) is 0.161. The van der Waals surface area contributed by atoms with Crippen LogP contribution in [-0.4, -0.2) is 6.71 Å². The van der Waals surface area contributed by atoms with E-state index < -0.39 is 0 Å². The Labute approximate surface area is 407 Å². The molecule has 7 aromatic rings. The van der Waals surface area contributed by atoms with Gasteiger partial charge >= 0.3 is 0 Å². The summed E-state index contributed by atoms with van der Waals surface area (Å²) in [5.41, 5.74) is 24.4. The maximum absolute atomic E-state index is 6.72. The Morgan fingerprint density at radius 1 is 0.412 bits per heavy atom. The summed E-state index contributed by atoms with van der Waals surface area (Å²) in [6.07, 6.45) is 7.07. The van der Waals surface area contributed by atoms with Gasteiger partial charge in [0.25, 0.3) is 6.71 Å². The van der Waals surface area contributed by atoms with Gasteiger partial charge in [-0.3, -0.25) is 0 Å². The number of anilines is 6. The Balaban J connectivity index is 1.23. The zero-order valence-electron chi connectivity index (χ0n) is 43.9. The molecule has 3 nitrogen and oxygen atoms in total. The first-order valence-electron chi connectivity index (χ1n) is 26.0. The van der Waals surface area contributed by atoms with E-state index in [-0.39, 0.29) is 44.6 Å². The molecule has 0 N–H and O–H groups in total. The molecule has 0 amide bonds. The molecule has 0 saturated heterocycles. The largest absolute Gasteiger partial charge is 0.456 e. The molecule has 6 aromatic carbocycles. The van der Waals surface area contributed by atoms with Crippen molar-refractivity contribution in [2.24, 2.45) is 0 Å². The zero-order valence-corrected chi connectivity index (χ0v) is 43.9. The zero-order chi connectivity index (χ0) is 48.0. The van der Waals surface area contributed by atoms with Crippen LogP contribution >= 0.6 is 0 Å². The van der Waals surface area contributed by atoms with Gasteiger partial charge in [0.15, 0.2) is 0 Å². The Bertz CT molecular complexity index is 3310.